The molecule has 6 atom stereocenters. The monoisotopic (exact) mass is 412 g/mol. The first-order valence-electron chi connectivity index (χ1n) is 6.96. The second kappa shape index (κ2) is 9.57. The summed E-state index contributed by atoms with van der Waals surface area (Å²) in [4.78, 5) is 45.6. The Morgan fingerprint density at radius 2 is 1.92 bits per heavy atom. The van der Waals surface area contributed by atoms with Crippen LogP contribution in [0.4, 0.5) is 4.79 Å². The number of hydrogen-bond acceptors (Lipinski definition) is 11. The second-order valence-electron chi connectivity index (χ2n) is 5.55. The van der Waals surface area contributed by atoms with Crippen LogP contribution in [0.2, 0.25) is 0 Å². The van der Waals surface area contributed by atoms with Gasteiger partial charge in [-0.1, -0.05) is 0 Å². The molecule has 0 bridgehead atoms. The van der Waals surface area contributed by atoms with E-state index in [0.29, 0.717) is 0 Å². The number of nitrogens with zero attached hydrogens (tertiary/aromatic N) is 1. The first-order valence-corrected chi connectivity index (χ1v) is 8.42. The molecule has 3 saturated heterocycles. The average Bonchev–Trinajstić information content (AvgIpc) is 3.00. The Hall–Kier alpha value is 0.850. The molecule has 0 saturated carbocycles. The van der Waals surface area contributed by atoms with Gasteiger partial charge in [-0.25, -0.2) is 9.69 Å². The number of fused-ring (bicyclic) bond motifs is 1. The van der Waals surface area contributed by atoms with E-state index in [1.807, 2.05) is 0 Å². The van der Waals surface area contributed by atoms with E-state index in [1.165, 1.54) is 4.90 Å². The number of carbonyl (C=O) groups excluding carboxylic acids is 2. The van der Waals surface area contributed by atoms with Crippen molar-refractivity contribution in [3.05, 3.63) is 0 Å². The maximum absolute atomic E-state index is 11.7. The number of amides is 3. The van der Waals surface area contributed by atoms with Crippen molar-refractivity contribution in [3.63, 3.8) is 0 Å². The van der Waals surface area contributed by atoms with Crippen LogP contribution >= 0.6 is 7.82 Å². The zero-order valence-corrected chi connectivity index (χ0v) is 18.9. The standard InChI is InChI=1S/C10H17N4O9P.2Na/c15-5-3(1-22-24(19,20)21)23-9(6(5)16)14-2-11-4-7(14)12-10(18)13-8(4)17;;/h3-7,9,11,15-16H,1-2H2,(H2,19,20,21)(H2,12,13,17,18);;/q;2*+1/p-2. The van der Waals surface area contributed by atoms with Crippen molar-refractivity contribution < 1.29 is 103 Å². The normalized spacial score (nSPS) is 37.2. The largest absolute Gasteiger partial charge is 1.00 e. The SMILES string of the molecule is O=C1NC(=O)C2NCN(C3OC(COP(=O)([O-])[O-])C(O)C3O)C2N1.[Na+].[Na+]. The van der Waals surface area contributed by atoms with Crippen molar-refractivity contribution in [3.8, 4) is 0 Å². The molecule has 0 spiro atoms. The molecule has 0 radical (unpaired) electrons. The summed E-state index contributed by atoms with van der Waals surface area (Å²) in [6.07, 6.45) is -6.25. The molecule has 0 aromatic heterocycles. The maximum Gasteiger partial charge on any atom is 1.00 e. The van der Waals surface area contributed by atoms with Gasteiger partial charge in [0, 0.05) is 0 Å². The number of nitrogens with one attached hydrogen (secondary N) is 3. The van der Waals surface area contributed by atoms with Gasteiger partial charge >= 0.3 is 65.1 Å². The van der Waals surface area contributed by atoms with Gasteiger partial charge in [0.1, 0.15) is 36.7 Å². The van der Waals surface area contributed by atoms with Gasteiger partial charge in [0.2, 0.25) is 5.91 Å². The molecule has 13 nitrogen and oxygen atoms in total. The fourth-order valence-corrected chi connectivity index (χ4v) is 3.25. The Morgan fingerprint density at radius 3 is 2.54 bits per heavy atom. The van der Waals surface area contributed by atoms with Crippen LogP contribution in [0.15, 0.2) is 0 Å². The van der Waals surface area contributed by atoms with Crippen LogP contribution in [-0.4, -0.2) is 77.1 Å². The quantitative estimate of drug-likeness (QED) is 0.217. The summed E-state index contributed by atoms with van der Waals surface area (Å²) in [5, 5.41) is 27.4. The van der Waals surface area contributed by atoms with Crippen LogP contribution < -0.4 is 84.9 Å². The molecule has 5 N–H and O–H groups in total. The topological polar surface area (TPSA) is 196 Å². The molecule has 6 unspecified atom stereocenters. The fraction of sp³-hybridized carbons (Fsp3) is 0.800. The molecule has 3 aliphatic heterocycles. The third kappa shape index (κ3) is 5.26. The van der Waals surface area contributed by atoms with Gasteiger partial charge in [0.25, 0.3) is 0 Å². The zero-order chi connectivity index (χ0) is 17.6. The number of rotatable bonds is 4. The van der Waals surface area contributed by atoms with E-state index in [4.69, 9.17) is 4.74 Å². The Bertz CT molecular complexity index is 595. The maximum atomic E-state index is 11.7. The molecule has 3 rings (SSSR count). The number of phosphoric ester groups is 1. The molecule has 0 aliphatic carbocycles. The molecule has 3 amide bonds. The molecule has 136 valence electrons. The minimum absolute atomic E-state index is 0. The minimum Gasteiger partial charge on any atom is -0.790 e. The Morgan fingerprint density at radius 1 is 1.27 bits per heavy atom. The van der Waals surface area contributed by atoms with Crippen LogP contribution in [0.5, 0.6) is 0 Å². The predicted octanol–water partition coefficient (Wildman–Crippen LogP) is -11.3. The molecule has 3 aliphatic rings. The first-order chi connectivity index (χ1) is 11.2. The van der Waals surface area contributed by atoms with E-state index in [1.54, 1.807) is 0 Å². The number of carbonyl (C=O) groups is 2. The third-order valence-electron chi connectivity index (χ3n) is 4.03. The summed E-state index contributed by atoms with van der Waals surface area (Å²) in [6.45, 7) is -0.714. The van der Waals surface area contributed by atoms with Gasteiger partial charge in [-0.15, -0.1) is 0 Å². The van der Waals surface area contributed by atoms with Gasteiger partial charge in [-0.05, 0) is 0 Å². The van der Waals surface area contributed by atoms with Gasteiger partial charge in [-0.2, -0.15) is 0 Å². The van der Waals surface area contributed by atoms with Crippen LogP contribution in [0.1, 0.15) is 0 Å². The van der Waals surface area contributed by atoms with Crippen molar-refractivity contribution in [1.29, 1.82) is 0 Å². The second-order valence-corrected chi connectivity index (χ2v) is 6.70. The molecular weight excluding hydrogens is 397 g/mol. The van der Waals surface area contributed by atoms with Gasteiger partial charge in [0.05, 0.1) is 21.1 Å². The molecule has 16 heteroatoms. The molecule has 3 heterocycles. The number of phosphoric acid groups is 1. The number of urea groups is 1. The van der Waals surface area contributed by atoms with Crippen LogP contribution in [0.25, 0.3) is 0 Å². The summed E-state index contributed by atoms with van der Waals surface area (Å²) >= 11 is 0. The average molecular weight is 412 g/mol. The van der Waals surface area contributed by atoms with E-state index in [2.05, 4.69) is 20.5 Å². The summed E-state index contributed by atoms with van der Waals surface area (Å²) < 4.78 is 19.9. The van der Waals surface area contributed by atoms with E-state index < -0.39 is 63.1 Å². The van der Waals surface area contributed by atoms with Crippen molar-refractivity contribution >= 4 is 19.8 Å². The van der Waals surface area contributed by atoms with E-state index in [0.717, 1.165) is 0 Å². The molecule has 3 fully saturated rings. The van der Waals surface area contributed by atoms with Crippen LogP contribution in [0.3, 0.4) is 0 Å². The summed E-state index contributed by atoms with van der Waals surface area (Å²) in [7, 11) is -5.26. The van der Waals surface area contributed by atoms with Crippen molar-refractivity contribution in [2.75, 3.05) is 13.3 Å². The first kappa shape index (κ1) is 24.9. The van der Waals surface area contributed by atoms with Gasteiger partial charge in [-0.3, -0.25) is 15.4 Å². The summed E-state index contributed by atoms with van der Waals surface area (Å²) in [5.74, 6) is -0.558. The predicted molar refractivity (Wildman–Crippen MR) is 68.3 cm³/mol. The van der Waals surface area contributed by atoms with E-state index in [-0.39, 0.29) is 65.8 Å². The Labute approximate surface area is 192 Å². The van der Waals surface area contributed by atoms with Crippen LogP contribution in [0, 0.1) is 0 Å². The van der Waals surface area contributed by atoms with E-state index in [9.17, 15) is 34.2 Å². The van der Waals surface area contributed by atoms with Crippen molar-refractivity contribution in [1.82, 2.24) is 20.9 Å². The molecule has 26 heavy (non-hydrogen) atoms. The fourth-order valence-electron chi connectivity index (χ4n) is 2.92. The van der Waals surface area contributed by atoms with Crippen LogP contribution in [-0.2, 0) is 18.6 Å². The Balaban J connectivity index is 0.00000169. The minimum atomic E-state index is -5.26. The van der Waals surface area contributed by atoms with Crippen molar-refractivity contribution in [2.24, 2.45) is 0 Å². The smallest absolute Gasteiger partial charge is 0.790 e. The molecular formula is C10H15N4Na2O9P. The van der Waals surface area contributed by atoms with Gasteiger partial charge < -0.3 is 39.1 Å². The molecule has 0 aromatic carbocycles. The zero-order valence-electron chi connectivity index (χ0n) is 14.0. The summed E-state index contributed by atoms with van der Waals surface area (Å²) in [5.41, 5.74) is 0. The van der Waals surface area contributed by atoms with Crippen molar-refractivity contribution in [2.45, 2.75) is 36.7 Å². The Kier molecular flexibility index (Phi) is 9.16. The van der Waals surface area contributed by atoms with Gasteiger partial charge in [0.15, 0.2) is 0 Å². The van der Waals surface area contributed by atoms with E-state index >= 15 is 0 Å². The number of hydrogen-bond donors (Lipinski definition) is 5. The molecule has 0 aromatic rings. The summed E-state index contributed by atoms with van der Waals surface area (Å²) in [6, 6.07) is -1.50. The number of imide groups is 1. The third-order valence-corrected chi connectivity index (χ3v) is 4.49. The number of aliphatic hydroxyl groups excluding tert-OH is 2. The number of ether oxygens (including phenoxy) is 1. The number of aliphatic hydroxyl groups is 2.